The first-order valence-corrected chi connectivity index (χ1v) is 8.04. The summed E-state index contributed by atoms with van der Waals surface area (Å²) in [5.41, 5.74) is 1.28. The second kappa shape index (κ2) is 8.83. The van der Waals surface area contributed by atoms with Crippen molar-refractivity contribution in [3.05, 3.63) is 35.9 Å². The largest absolute Gasteiger partial charge is 0.355 e. The van der Waals surface area contributed by atoms with Gasteiger partial charge >= 0.3 is 0 Å². The topological polar surface area (TPSA) is 41.1 Å². The number of amides is 1. The van der Waals surface area contributed by atoms with E-state index < -0.39 is 0 Å². The minimum atomic E-state index is -0.160. The van der Waals surface area contributed by atoms with Gasteiger partial charge in [-0.3, -0.25) is 4.79 Å². The normalized spacial score (nSPS) is 13.0. The molecule has 0 saturated carbocycles. The number of carbonyl (C=O) groups is 1. The number of hydrogen-bond donors (Lipinski definition) is 2. The fourth-order valence-corrected chi connectivity index (χ4v) is 2.37. The molecule has 0 spiro atoms. The van der Waals surface area contributed by atoms with Crippen molar-refractivity contribution in [2.24, 2.45) is 0 Å². The molecule has 0 radical (unpaired) electrons. The molecule has 3 heteroatoms. The monoisotopic (exact) mass is 290 g/mol. The SMILES string of the molecule is CCCCNC(=O)C(C)NC(C)(C)CCc1ccccc1. The van der Waals surface area contributed by atoms with E-state index in [-0.39, 0.29) is 17.5 Å². The molecule has 1 aromatic rings. The summed E-state index contributed by atoms with van der Waals surface area (Å²) in [7, 11) is 0. The zero-order chi connectivity index (χ0) is 15.7. The number of hydrogen-bond acceptors (Lipinski definition) is 2. The Bertz CT molecular complexity index is 414. The van der Waals surface area contributed by atoms with Gasteiger partial charge in [-0.2, -0.15) is 0 Å². The number of aryl methyl sites for hydroxylation is 1. The first kappa shape index (κ1) is 17.7. The lowest BCUT2D eigenvalue weighted by Gasteiger charge is -2.30. The maximum absolute atomic E-state index is 12.0. The highest BCUT2D eigenvalue weighted by atomic mass is 16.2. The molecule has 0 aliphatic carbocycles. The van der Waals surface area contributed by atoms with E-state index in [2.05, 4.69) is 55.7 Å². The number of rotatable bonds is 9. The number of unbranched alkanes of at least 4 members (excludes halogenated alkanes) is 1. The molecule has 0 fully saturated rings. The van der Waals surface area contributed by atoms with Crippen LogP contribution in [0.5, 0.6) is 0 Å². The summed E-state index contributed by atoms with van der Waals surface area (Å²) in [6.45, 7) is 9.15. The summed E-state index contributed by atoms with van der Waals surface area (Å²) < 4.78 is 0. The Morgan fingerprint density at radius 1 is 1.24 bits per heavy atom. The van der Waals surface area contributed by atoms with E-state index >= 15 is 0 Å². The van der Waals surface area contributed by atoms with Crippen molar-refractivity contribution >= 4 is 5.91 Å². The van der Waals surface area contributed by atoms with Crippen LogP contribution in [-0.2, 0) is 11.2 Å². The van der Waals surface area contributed by atoms with E-state index in [1.54, 1.807) is 0 Å². The summed E-state index contributed by atoms with van der Waals surface area (Å²) in [6, 6.07) is 10.3. The Morgan fingerprint density at radius 2 is 1.90 bits per heavy atom. The summed E-state index contributed by atoms with van der Waals surface area (Å²) >= 11 is 0. The molecule has 0 aromatic heterocycles. The lowest BCUT2D eigenvalue weighted by atomic mass is 9.94. The third kappa shape index (κ3) is 7.28. The zero-order valence-electron chi connectivity index (χ0n) is 13.9. The fourth-order valence-electron chi connectivity index (χ4n) is 2.37. The van der Waals surface area contributed by atoms with Crippen molar-refractivity contribution in [2.75, 3.05) is 6.54 Å². The maximum atomic E-state index is 12.0. The molecule has 3 nitrogen and oxygen atoms in total. The first-order valence-electron chi connectivity index (χ1n) is 8.04. The molecular formula is C18H30N2O. The predicted octanol–water partition coefficient (Wildman–Crippen LogP) is 3.29. The second-order valence-corrected chi connectivity index (χ2v) is 6.38. The minimum Gasteiger partial charge on any atom is -0.355 e. The Morgan fingerprint density at radius 3 is 2.52 bits per heavy atom. The van der Waals surface area contributed by atoms with Crippen molar-refractivity contribution in [2.45, 2.75) is 65.0 Å². The van der Waals surface area contributed by atoms with Gasteiger partial charge in [0.15, 0.2) is 0 Å². The van der Waals surface area contributed by atoms with Crippen molar-refractivity contribution < 1.29 is 4.79 Å². The van der Waals surface area contributed by atoms with Crippen LogP contribution >= 0.6 is 0 Å². The van der Waals surface area contributed by atoms with Gasteiger partial charge in [-0.25, -0.2) is 0 Å². The highest BCUT2D eigenvalue weighted by Gasteiger charge is 2.23. The molecule has 1 amide bonds. The van der Waals surface area contributed by atoms with E-state index in [0.29, 0.717) is 0 Å². The van der Waals surface area contributed by atoms with E-state index in [9.17, 15) is 4.79 Å². The van der Waals surface area contributed by atoms with Gasteiger partial charge in [-0.15, -0.1) is 0 Å². The van der Waals surface area contributed by atoms with Gasteiger partial charge in [-0.1, -0.05) is 43.7 Å². The van der Waals surface area contributed by atoms with Crippen LogP contribution in [0.4, 0.5) is 0 Å². The van der Waals surface area contributed by atoms with Crippen molar-refractivity contribution in [1.29, 1.82) is 0 Å². The highest BCUT2D eigenvalue weighted by Crippen LogP contribution is 2.14. The van der Waals surface area contributed by atoms with Crippen LogP contribution in [0, 0.1) is 0 Å². The van der Waals surface area contributed by atoms with Gasteiger partial charge in [0.2, 0.25) is 5.91 Å². The van der Waals surface area contributed by atoms with Crippen LogP contribution in [0.25, 0.3) is 0 Å². The predicted molar refractivity (Wildman–Crippen MR) is 89.4 cm³/mol. The zero-order valence-corrected chi connectivity index (χ0v) is 13.9. The number of carbonyl (C=O) groups excluding carboxylic acids is 1. The molecule has 0 heterocycles. The van der Waals surface area contributed by atoms with Gasteiger partial charge in [0.05, 0.1) is 6.04 Å². The molecule has 1 atom stereocenters. The third-order valence-corrected chi connectivity index (χ3v) is 3.71. The summed E-state index contributed by atoms with van der Waals surface area (Å²) in [6.07, 6.45) is 4.16. The van der Waals surface area contributed by atoms with Gasteiger partial charge in [-0.05, 0) is 45.6 Å². The van der Waals surface area contributed by atoms with Crippen LogP contribution in [0.1, 0.15) is 52.5 Å². The van der Waals surface area contributed by atoms with E-state index in [1.165, 1.54) is 5.56 Å². The van der Waals surface area contributed by atoms with Crippen molar-refractivity contribution in [3.63, 3.8) is 0 Å². The first-order chi connectivity index (χ1) is 9.94. The lowest BCUT2D eigenvalue weighted by molar-refractivity contribution is -0.123. The van der Waals surface area contributed by atoms with Crippen molar-refractivity contribution in [1.82, 2.24) is 10.6 Å². The third-order valence-electron chi connectivity index (χ3n) is 3.71. The van der Waals surface area contributed by atoms with E-state index in [1.807, 2.05) is 13.0 Å². The van der Waals surface area contributed by atoms with Crippen LogP contribution < -0.4 is 10.6 Å². The van der Waals surface area contributed by atoms with Gasteiger partial charge in [0.25, 0.3) is 0 Å². The maximum Gasteiger partial charge on any atom is 0.236 e. The quantitative estimate of drug-likeness (QED) is 0.685. The molecule has 1 aromatic carbocycles. The molecule has 0 saturated heterocycles. The average Bonchev–Trinajstić information content (AvgIpc) is 2.46. The molecule has 2 N–H and O–H groups in total. The number of nitrogens with one attached hydrogen (secondary N) is 2. The number of benzene rings is 1. The second-order valence-electron chi connectivity index (χ2n) is 6.38. The molecule has 0 aliphatic heterocycles. The van der Waals surface area contributed by atoms with Gasteiger partial charge in [0, 0.05) is 12.1 Å². The van der Waals surface area contributed by atoms with E-state index in [0.717, 1.165) is 32.2 Å². The molecule has 0 aliphatic rings. The molecule has 21 heavy (non-hydrogen) atoms. The average molecular weight is 290 g/mol. The Balaban J connectivity index is 2.38. The van der Waals surface area contributed by atoms with Crippen LogP contribution in [0.3, 0.4) is 0 Å². The highest BCUT2D eigenvalue weighted by molar-refractivity contribution is 5.81. The minimum absolute atomic E-state index is 0.0582. The summed E-state index contributed by atoms with van der Waals surface area (Å²) in [5.74, 6) is 0.0937. The standard InChI is InChI=1S/C18H30N2O/c1-5-6-14-19-17(21)15(2)20-18(3,4)13-12-16-10-8-7-9-11-16/h7-11,15,20H,5-6,12-14H2,1-4H3,(H,19,21). The Kier molecular flexibility index (Phi) is 7.44. The van der Waals surface area contributed by atoms with Crippen LogP contribution in [0.2, 0.25) is 0 Å². The van der Waals surface area contributed by atoms with E-state index in [4.69, 9.17) is 0 Å². The molecule has 1 unspecified atom stereocenters. The van der Waals surface area contributed by atoms with Crippen LogP contribution in [0.15, 0.2) is 30.3 Å². The smallest absolute Gasteiger partial charge is 0.236 e. The lowest BCUT2D eigenvalue weighted by Crippen LogP contribution is -2.51. The Labute approximate surface area is 129 Å². The van der Waals surface area contributed by atoms with Gasteiger partial charge < -0.3 is 10.6 Å². The Hall–Kier alpha value is -1.35. The molecule has 118 valence electrons. The molecule has 1 rings (SSSR count). The molecule has 0 bridgehead atoms. The van der Waals surface area contributed by atoms with Crippen LogP contribution in [-0.4, -0.2) is 24.0 Å². The summed E-state index contributed by atoms with van der Waals surface area (Å²) in [5, 5.41) is 6.42. The molecular weight excluding hydrogens is 260 g/mol. The fraction of sp³-hybridized carbons (Fsp3) is 0.611. The summed E-state index contributed by atoms with van der Waals surface area (Å²) in [4.78, 5) is 12.0. The van der Waals surface area contributed by atoms with Gasteiger partial charge in [0.1, 0.15) is 0 Å². The van der Waals surface area contributed by atoms with Crippen molar-refractivity contribution in [3.8, 4) is 0 Å².